The normalized spacial score (nSPS) is 15.1. The van der Waals surface area contributed by atoms with E-state index in [0.29, 0.717) is 38.0 Å². The number of aryl methyl sites for hydroxylation is 2. The van der Waals surface area contributed by atoms with Crippen LogP contribution in [0.15, 0.2) is 59.5 Å². The van der Waals surface area contributed by atoms with E-state index in [0.717, 1.165) is 16.7 Å². The van der Waals surface area contributed by atoms with Crippen molar-refractivity contribution in [1.82, 2.24) is 0 Å². The number of hydrogen-bond donors (Lipinski definition) is 0. The number of ether oxygens (including phenoxy) is 1. The number of amides is 1. The van der Waals surface area contributed by atoms with Crippen molar-refractivity contribution in [2.24, 2.45) is 0 Å². The highest BCUT2D eigenvalue weighted by Gasteiger charge is 2.33. The summed E-state index contributed by atoms with van der Waals surface area (Å²) in [4.78, 5) is 15.0. The number of hydrogen-bond acceptors (Lipinski definition) is 4. The molecule has 2 aliphatic rings. The van der Waals surface area contributed by atoms with E-state index in [2.05, 4.69) is 0 Å². The van der Waals surface area contributed by atoms with E-state index in [1.54, 1.807) is 12.1 Å². The average molecular weight is 481 g/mol. The van der Waals surface area contributed by atoms with Gasteiger partial charge in [0.1, 0.15) is 11.6 Å². The van der Waals surface area contributed by atoms with Crippen molar-refractivity contribution in [2.45, 2.75) is 31.1 Å². The van der Waals surface area contributed by atoms with Gasteiger partial charge < -0.3 is 9.64 Å². The first kappa shape index (κ1) is 22.4. The van der Waals surface area contributed by atoms with E-state index in [1.165, 1.54) is 40.6 Å². The van der Waals surface area contributed by atoms with Gasteiger partial charge in [0.2, 0.25) is 0 Å². The molecule has 0 radical (unpaired) electrons. The molecule has 0 aromatic heterocycles. The maximum Gasteiger partial charge on any atom is 0.264 e. The van der Waals surface area contributed by atoms with Gasteiger partial charge in [-0.25, -0.2) is 12.8 Å². The van der Waals surface area contributed by atoms with Crippen molar-refractivity contribution in [1.29, 1.82) is 0 Å². The number of fused-ring (bicyclic) bond motifs is 2. The zero-order valence-corrected chi connectivity index (χ0v) is 19.9. The fourth-order valence-corrected chi connectivity index (χ4v) is 6.42. The SMILES string of the molecule is COc1ccc(S(=O)(=O)N2CCc3ccccc32)cc1C(=O)N1CCCc2cc(C)cc(F)c21. The Labute approximate surface area is 198 Å². The molecule has 0 atom stereocenters. The number of nitrogens with zero attached hydrogens (tertiary/aromatic N) is 2. The van der Waals surface area contributed by atoms with Gasteiger partial charge in [-0.15, -0.1) is 0 Å². The number of halogens is 1. The van der Waals surface area contributed by atoms with E-state index in [4.69, 9.17) is 4.74 Å². The summed E-state index contributed by atoms with van der Waals surface area (Å²) in [5, 5.41) is 0. The highest BCUT2D eigenvalue weighted by Crippen LogP contribution is 2.36. The molecule has 34 heavy (non-hydrogen) atoms. The minimum atomic E-state index is -3.91. The highest BCUT2D eigenvalue weighted by molar-refractivity contribution is 7.92. The van der Waals surface area contributed by atoms with E-state index in [9.17, 15) is 17.6 Å². The van der Waals surface area contributed by atoms with Crippen LogP contribution in [0, 0.1) is 12.7 Å². The molecule has 0 spiro atoms. The first-order valence-corrected chi connectivity index (χ1v) is 12.6. The lowest BCUT2D eigenvalue weighted by molar-refractivity contribution is 0.0981. The van der Waals surface area contributed by atoms with Crippen molar-refractivity contribution in [3.05, 3.63) is 82.7 Å². The third kappa shape index (κ3) is 3.62. The maximum atomic E-state index is 14.9. The molecule has 1 amide bonds. The van der Waals surface area contributed by atoms with Crippen molar-refractivity contribution >= 4 is 27.3 Å². The van der Waals surface area contributed by atoms with Gasteiger partial charge in [0.05, 0.1) is 28.9 Å². The summed E-state index contributed by atoms with van der Waals surface area (Å²) in [6, 6.07) is 15.0. The molecule has 3 aromatic rings. The van der Waals surface area contributed by atoms with Crippen LogP contribution in [0.25, 0.3) is 0 Å². The Morgan fingerprint density at radius 1 is 1.00 bits per heavy atom. The second-order valence-electron chi connectivity index (χ2n) is 8.63. The summed E-state index contributed by atoms with van der Waals surface area (Å²) in [6.45, 7) is 2.49. The van der Waals surface area contributed by atoms with Gasteiger partial charge in [-0.05, 0) is 73.2 Å². The second kappa shape index (κ2) is 8.43. The number of carbonyl (C=O) groups excluding carboxylic acids is 1. The van der Waals surface area contributed by atoms with Crippen LogP contribution in [0.4, 0.5) is 15.8 Å². The monoisotopic (exact) mass is 480 g/mol. The Balaban J connectivity index is 1.57. The molecule has 0 saturated carbocycles. The molecule has 0 N–H and O–H groups in total. The molecule has 2 aliphatic heterocycles. The molecule has 5 rings (SSSR count). The van der Waals surface area contributed by atoms with Crippen molar-refractivity contribution in [3.8, 4) is 5.75 Å². The zero-order valence-electron chi connectivity index (χ0n) is 19.0. The van der Waals surface area contributed by atoms with Crippen LogP contribution in [0.1, 0.15) is 33.5 Å². The molecule has 0 saturated heterocycles. The maximum absolute atomic E-state index is 14.9. The van der Waals surface area contributed by atoms with E-state index >= 15 is 0 Å². The zero-order chi connectivity index (χ0) is 24.0. The number of benzene rings is 3. The smallest absolute Gasteiger partial charge is 0.264 e. The van der Waals surface area contributed by atoms with Gasteiger partial charge >= 0.3 is 0 Å². The molecular weight excluding hydrogens is 455 g/mol. The molecule has 0 unspecified atom stereocenters. The van der Waals surface area contributed by atoms with Gasteiger partial charge in [-0.3, -0.25) is 9.10 Å². The molecule has 176 valence electrons. The summed E-state index contributed by atoms with van der Waals surface area (Å²) in [5.74, 6) is -0.704. The summed E-state index contributed by atoms with van der Waals surface area (Å²) in [7, 11) is -2.48. The summed E-state index contributed by atoms with van der Waals surface area (Å²) in [6.07, 6.45) is 1.99. The standard InChI is InChI=1S/C26H25FN2O4S/c1-17-14-19-7-5-12-28(25(19)22(27)15-17)26(30)21-16-20(9-10-24(21)33-2)34(31,32)29-13-11-18-6-3-4-8-23(18)29/h3-4,6,8-10,14-16H,5,7,11-13H2,1-2H3. The molecule has 0 aliphatic carbocycles. The molecule has 2 heterocycles. The van der Waals surface area contributed by atoms with Gasteiger partial charge in [0.15, 0.2) is 0 Å². The minimum Gasteiger partial charge on any atom is -0.496 e. The Morgan fingerprint density at radius 2 is 1.79 bits per heavy atom. The molecule has 8 heteroatoms. The molecule has 3 aromatic carbocycles. The Hall–Kier alpha value is -3.39. The Bertz CT molecular complexity index is 1400. The quantitative estimate of drug-likeness (QED) is 0.552. The Kier molecular flexibility index (Phi) is 5.56. The molecule has 0 fully saturated rings. The number of sulfonamides is 1. The number of rotatable bonds is 4. The van der Waals surface area contributed by atoms with Crippen LogP contribution in [-0.2, 0) is 22.9 Å². The lowest BCUT2D eigenvalue weighted by Gasteiger charge is -2.31. The van der Waals surface area contributed by atoms with Crippen molar-refractivity contribution < 1.29 is 22.3 Å². The topological polar surface area (TPSA) is 66.9 Å². The number of para-hydroxylation sites is 1. The van der Waals surface area contributed by atoms with Crippen LogP contribution >= 0.6 is 0 Å². The molecule has 0 bridgehead atoms. The largest absolute Gasteiger partial charge is 0.496 e. The summed E-state index contributed by atoms with van der Waals surface area (Å²) >= 11 is 0. The first-order valence-electron chi connectivity index (χ1n) is 11.2. The predicted molar refractivity (Wildman–Crippen MR) is 129 cm³/mol. The van der Waals surface area contributed by atoms with Crippen LogP contribution in [-0.4, -0.2) is 34.5 Å². The predicted octanol–water partition coefficient (Wildman–Crippen LogP) is 4.49. The van der Waals surface area contributed by atoms with Crippen LogP contribution in [0.5, 0.6) is 5.75 Å². The third-order valence-electron chi connectivity index (χ3n) is 6.46. The summed E-state index contributed by atoms with van der Waals surface area (Å²) < 4.78 is 48.8. The average Bonchev–Trinajstić information content (AvgIpc) is 3.27. The number of carbonyl (C=O) groups is 1. The second-order valence-corrected chi connectivity index (χ2v) is 10.5. The van der Waals surface area contributed by atoms with Gasteiger partial charge in [-0.2, -0.15) is 0 Å². The third-order valence-corrected chi connectivity index (χ3v) is 8.27. The van der Waals surface area contributed by atoms with Crippen molar-refractivity contribution in [3.63, 3.8) is 0 Å². The highest BCUT2D eigenvalue weighted by atomic mass is 32.2. The van der Waals surface area contributed by atoms with Gasteiger partial charge in [0, 0.05) is 13.1 Å². The fourth-order valence-electron chi connectivity index (χ4n) is 4.89. The fraction of sp³-hybridized carbons (Fsp3) is 0.269. The van der Waals surface area contributed by atoms with Gasteiger partial charge in [-0.1, -0.05) is 24.3 Å². The number of methoxy groups -OCH3 is 1. The van der Waals surface area contributed by atoms with Crippen LogP contribution < -0.4 is 13.9 Å². The van der Waals surface area contributed by atoms with Crippen molar-refractivity contribution in [2.75, 3.05) is 29.4 Å². The van der Waals surface area contributed by atoms with Crippen LogP contribution in [0.2, 0.25) is 0 Å². The minimum absolute atomic E-state index is 0.00466. The summed E-state index contributed by atoms with van der Waals surface area (Å²) in [5.41, 5.74) is 3.52. The number of anilines is 2. The van der Waals surface area contributed by atoms with E-state index < -0.39 is 21.7 Å². The van der Waals surface area contributed by atoms with E-state index in [1.807, 2.05) is 25.1 Å². The first-order chi connectivity index (χ1) is 16.3. The lowest BCUT2D eigenvalue weighted by Crippen LogP contribution is -2.37. The molecular formula is C26H25FN2O4S. The lowest BCUT2D eigenvalue weighted by atomic mass is 9.98. The Morgan fingerprint density at radius 3 is 2.59 bits per heavy atom. The molecule has 6 nitrogen and oxygen atoms in total. The van der Waals surface area contributed by atoms with Crippen LogP contribution in [0.3, 0.4) is 0 Å². The van der Waals surface area contributed by atoms with E-state index in [-0.39, 0.29) is 21.9 Å². The van der Waals surface area contributed by atoms with Gasteiger partial charge in [0.25, 0.3) is 15.9 Å².